The van der Waals surface area contributed by atoms with Crippen LogP contribution in [0.4, 0.5) is 4.79 Å². The second-order valence-corrected chi connectivity index (χ2v) is 6.02. The first-order valence-corrected chi connectivity index (χ1v) is 8.27. The van der Waals surface area contributed by atoms with Crippen molar-refractivity contribution in [2.45, 2.75) is 33.6 Å². The highest BCUT2D eigenvalue weighted by molar-refractivity contribution is 5.79. The number of benzene rings is 1. The fourth-order valence-corrected chi connectivity index (χ4v) is 2.76. The molecule has 1 aliphatic heterocycles. The number of carbonyl (C=O) groups is 2. The van der Waals surface area contributed by atoms with E-state index in [-0.39, 0.29) is 12.0 Å². The summed E-state index contributed by atoms with van der Waals surface area (Å²) >= 11 is 0. The van der Waals surface area contributed by atoms with E-state index >= 15 is 0 Å². The van der Waals surface area contributed by atoms with Gasteiger partial charge in [0.25, 0.3) is 0 Å². The SMILES string of the molecule is CCOC(=O)N1CCCN(C(=O)Cc2ccc(C)c(C)c2)CC1. The Morgan fingerprint density at radius 2 is 1.74 bits per heavy atom. The molecule has 0 atom stereocenters. The van der Waals surface area contributed by atoms with E-state index < -0.39 is 0 Å². The van der Waals surface area contributed by atoms with Crippen molar-refractivity contribution in [3.8, 4) is 0 Å². The Bertz CT molecular complexity index is 571. The third-order valence-corrected chi connectivity index (χ3v) is 4.30. The van der Waals surface area contributed by atoms with Crippen molar-refractivity contribution in [1.29, 1.82) is 0 Å². The van der Waals surface area contributed by atoms with Crippen molar-refractivity contribution in [3.63, 3.8) is 0 Å². The van der Waals surface area contributed by atoms with Crippen LogP contribution in [0.2, 0.25) is 0 Å². The highest BCUT2D eigenvalue weighted by atomic mass is 16.6. The average molecular weight is 318 g/mol. The minimum Gasteiger partial charge on any atom is -0.450 e. The van der Waals surface area contributed by atoms with Gasteiger partial charge in [0.15, 0.2) is 0 Å². The van der Waals surface area contributed by atoms with Gasteiger partial charge in [-0.3, -0.25) is 4.79 Å². The molecule has 5 nitrogen and oxygen atoms in total. The first kappa shape index (κ1) is 17.3. The van der Waals surface area contributed by atoms with E-state index in [0.717, 1.165) is 12.0 Å². The van der Waals surface area contributed by atoms with Crippen molar-refractivity contribution in [2.24, 2.45) is 0 Å². The Balaban J connectivity index is 1.92. The standard InChI is InChI=1S/C18H26N2O3/c1-4-23-18(22)20-9-5-8-19(10-11-20)17(21)13-16-7-6-14(2)15(3)12-16/h6-7,12H,4-5,8-11,13H2,1-3H3. The lowest BCUT2D eigenvalue weighted by atomic mass is 10.0. The molecule has 0 spiro atoms. The Hall–Kier alpha value is -2.04. The molecular formula is C18H26N2O3. The van der Waals surface area contributed by atoms with Crippen LogP contribution in [0, 0.1) is 13.8 Å². The van der Waals surface area contributed by atoms with E-state index in [1.54, 1.807) is 11.8 Å². The normalized spacial score (nSPS) is 15.3. The molecule has 5 heteroatoms. The van der Waals surface area contributed by atoms with Gasteiger partial charge in [-0.15, -0.1) is 0 Å². The minimum atomic E-state index is -0.282. The molecule has 23 heavy (non-hydrogen) atoms. The van der Waals surface area contributed by atoms with E-state index in [2.05, 4.69) is 26.0 Å². The van der Waals surface area contributed by atoms with Crippen LogP contribution in [0.15, 0.2) is 18.2 Å². The summed E-state index contributed by atoms with van der Waals surface area (Å²) < 4.78 is 5.04. The predicted molar refractivity (Wildman–Crippen MR) is 89.4 cm³/mol. The molecule has 1 aromatic carbocycles. The number of ether oxygens (including phenoxy) is 1. The summed E-state index contributed by atoms with van der Waals surface area (Å²) in [5, 5.41) is 0. The van der Waals surface area contributed by atoms with Gasteiger partial charge < -0.3 is 14.5 Å². The molecule has 2 amide bonds. The molecule has 0 radical (unpaired) electrons. The molecule has 1 saturated heterocycles. The number of amides is 2. The van der Waals surface area contributed by atoms with Crippen LogP contribution in [0.5, 0.6) is 0 Å². The number of hydrogen-bond donors (Lipinski definition) is 0. The van der Waals surface area contributed by atoms with E-state index in [9.17, 15) is 9.59 Å². The molecule has 0 unspecified atom stereocenters. The predicted octanol–water partition coefficient (Wildman–Crippen LogP) is 2.54. The summed E-state index contributed by atoms with van der Waals surface area (Å²) in [4.78, 5) is 27.8. The van der Waals surface area contributed by atoms with Crippen LogP contribution in [-0.4, -0.2) is 54.6 Å². The Morgan fingerprint density at radius 3 is 2.43 bits per heavy atom. The van der Waals surface area contributed by atoms with Gasteiger partial charge in [-0.25, -0.2) is 4.79 Å². The van der Waals surface area contributed by atoms with Gasteiger partial charge >= 0.3 is 6.09 Å². The molecule has 1 heterocycles. The van der Waals surface area contributed by atoms with Crippen LogP contribution >= 0.6 is 0 Å². The van der Waals surface area contributed by atoms with Crippen molar-refractivity contribution in [3.05, 3.63) is 34.9 Å². The van der Waals surface area contributed by atoms with E-state index in [4.69, 9.17) is 4.74 Å². The largest absolute Gasteiger partial charge is 0.450 e. The lowest BCUT2D eigenvalue weighted by Gasteiger charge is -2.22. The first-order chi connectivity index (χ1) is 11.0. The van der Waals surface area contributed by atoms with Crippen LogP contribution < -0.4 is 0 Å². The van der Waals surface area contributed by atoms with E-state index in [1.165, 1.54) is 11.1 Å². The maximum absolute atomic E-state index is 12.5. The molecule has 0 aromatic heterocycles. The number of aryl methyl sites for hydroxylation is 2. The zero-order valence-electron chi connectivity index (χ0n) is 14.3. The molecule has 2 rings (SSSR count). The highest BCUT2D eigenvalue weighted by Gasteiger charge is 2.22. The fourth-order valence-electron chi connectivity index (χ4n) is 2.76. The molecule has 0 saturated carbocycles. The first-order valence-electron chi connectivity index (χ1n) is 8.27. The second-order valence-electron chi connectivity index (χ2n) is 6.02. The third kappa shape index (κ3) is 4.71. The summed E-state index contributed by atoms with van der Waals surface area (Å²) in [6.07, 6.45) is 0.925. The maximum Gasteiger partial charge on any atom is 0.409 e. The molecular weight excluding hydrogens is 292 g/mol. The monoisotopic (exact) mass is 318 g/mol. The average Bonchev–Trinajstić information content (AvgIpc) is 2.77. The van der Waals surface area contributed by atoms with Gasteiger partial charge in [-0.2, -0.15) is 0 Å². The smallest absolute Gasteiger partial charge is 0.409 e. The molecule has 1 aromatic rings. The van der Waals surface area contributed by atoms with Crippen molar-refractivity contribution in [1.82, 2.24) is 9.80 Å². The van der Waals surface area contributed by atoms with Crippen LogP contribution in [0.25, 0.3) is 0 Å². The number of rotatable bonds is 3. The summed E-state index contributed by atoms with van der Waals surface area (Å²) in [5.74, 6) is 0.124. The summed E-state index contributed by atoms with van der Waals surface area (Å²) in [5.41, 5.74) is 3.49. The van der Waals surface area contributed by atoms with Crippen LogP contribution in [0.1, 0.15) is 30.0 Å². The number of hydrogen-bond acceptors (Lipinski definition) is 3. The Kier molecular flexibility index (Phi) is 6.02. The molecule has 0 aliphatic carbocycles. The van der Waals surface area contributed by atoms with Crippen molar-refractivity contribution < 1.29 is 14.3 Å². The molecule has 0 N–H and O–H groups in total. The maximum atomic E-state index is 12.5. The fraction of sp³-hybridized carbons (Fsp3) is 0.556. The zero-order chi connectivity index (χ0) is 16.8. The van der Waals surface area contributed by atoms with E-state index in [0.29, 0.717) is 39.2 Å². The lowest BCUT2D eigenvalue weighted by Crippen LogP contribution is -2.38. The number of carbonyl (C=O) groups excluding carboxylic acids is 2. The molecule has 126 valence electrons. The van der Waals surface area contributed by atoms with Crippen molar-refractivity contribution >= 4 is 12.0 Å². The van der Waals surface area contributed by atoms with Crippen LogP contribution in [-0.2, 0) is 16.0 Å². The van der Waals surface area contributed by atoms with Gasteiger partial charge in [0, 0.05) is 26.2 Å². The van der Waals surface area contributed by atoms with Crippen LogP contribution in [0.3, 0.4) is 0 Å². The highest BCUT2D eigenvalue weighted by Crippen LogP contribution is 2.12. The summed E-state index contributed by atoms with van der Waals surface area (Å²) in [6, 6.07) is 6.15. The summed E-state index contributed by atoms with van der Waals surface area (Å²) in [7, 11) is 0. The summed E-state index contributed by atoms with van der Waals surface area (Å²) in [6.45, 7) is 8.76. The van der Waals surface area contributed by atoms with Crippen molar-refractivity contribution in [2.75, 3.05) is 32.8 Å². The second kappa shape index (κ2) is 7.99. The zero-order valence-corrected chi connectivity index (χ0v) is 14.3. The molecule has 1 aliphatic rings. The van der Waals surface area contributed by atoms with Gasteiger partial charge in [0.1, 0.15) is 0 Å². The minimum absolute atomic E-state index is 0.124. The van der Waals surface area contributed by atoms with Gasteiger partial charge in [0.2, 0.25) is 5.91 Å². The molecule has 0 bridgehead atoms. The Labute approximate surface area is 138 Å². The lowest BCUT2D eigenvalue weighted by molar-refractivity contribution is -0.130. The van der Waals surface area contributed by atoms with E-state index in [1.807, 2.05) is 11.0 Å². The van der Waals surface area contributed by atoms with Gasteiger partial charge in [0.05, 0.1) is 13.0 Å². The van der Waals surface area contributed by atoms with Gasteiger partial charge in [-0.1, -0.05) is 18.2 Å². The number of nitrogens with zero attached hydrogens (tertiary/aromatic N) is 2. The quantitative estimate of drug-likeness (QED) is 0.860. The Morgan fingerprint density at radius 1 is 1.04 bits per heavy atom. The molecule has 1 fully saturated rings. The van der Waals surface area contributed by atoms with Gasteiger partial charge in [-0.05, 0) is 43.9 Å². The topological polar surface area (TPSA) is 49.9 Å². The third-order valence-electron chi connectivity index (χ3n) is 4.30.